The largest absolute Gasteiger partial charge is 0.465 e. The molecule has 6 atom stereocenters. The molecule has 4 heterocycles. The van der Waals surface area contributed by atoms with Crippen LogP contribution in [0.1, 0.15) is 190 Å². The van der Waals surface area contributed by atoms with Crippen LogP contribution in [0.3, 0.4) is 0 Å². The maximum absolute atomic E-state index is 13.1. The summed E-state index contributed by atoms with van der Waals surface area (Å²) >= 11 is 0. The second-order valence-electron chi connectivity index (χ2n) is 23.0. The second kappa shape index (κ2) is 23.2. The second-order valence-corrected chi connectivity index (χ2v) is 23.0. The third-order valence-electron chi connectivity index (χ3n) is 19.0. The molecule has 3 aliphatic heterocycles. The SMILES string of the molecule is CC.COC(=O)c1ccc(C2=C3NC(=C(c4ccc(C(=O)OC)cc4)C4=NC(=C(c5ccc(C(=O)OC)cc5)c5[nH]c(c6c5CCCC6)C(c5ccc(C(=O)OC)cc5)=C5N=C2C2CCCCC52)C2CCCCC42)C2CCCCC32)cc1. The highest BCUT2D eigenvalue weighted by molar-refractivity contribution is 6.29. The molecule has 0 spiro atoms. The Morgan fingerprint density at radius 3 is 0.963 bits per heavy atom. The van der Waals surface area contributed by atoms with Gasteiger partial charge in [0, 0.05) is 69.2 Å². The van der Waals surface area contributed by atoms with Crippen molar-refractivity contribution in [3.05, 3.63) is 187 Å². The average Bonchev–Trinajstić information content (AvgIpc) is 3.55. The van der Waals surface area contributed by atoms with Crippen LogP contribution < -0.4 is 5.32 Å². The lowest BCUT2D eigenvalue weighted by Crippen LogP contribution is -2.26. The lowest BCUT2D eigenvalue weighted by molar-refractivity contribution is 0.0592. The highest BCUT2D eigenvalue weighted by atomic mass is 16.5. The first kappa shape index (κ1) is 54.7. The molecular weight excluding hydrogens is 1020 g/mol. The Balaban J connectivity index is 0.00000329. The van der Waals surface area contributed by atoms with Crippen LogP contribution >= 0.6 is 0 Å². The van der Waals surface area contributed by atoms with Gasteiger partial charge in [-0.15, -0.1) is 0 Å². The zero-order chi connectivity index (χ0) is 56.8. The number of carbonyl (C=O) groups is 4. The molecule has 1 aromatic heterocycles. The highest BCUT2D eigenvalue weighted by Gasteiger charge is 2.49. The molecule has 5 aromatic rings. The summed E-state index contributed by atoms with van der Waals surface area (Å²) in [5, 5.41) is 4.33. The summed E-state index contributed by atoms with van der Waals surface area (Å²) in [6, 6.07) is 31.8. The summed E-state index contributed by atoms with van der Waals surface area (Å²) in [6.07, 6.45) is 16.1. The van der Waals surface area contributed by atoms with Crippen molar-refractivity contribution in [3.8, 4) is 0 Å². The molecule has 0 amide bonds. The van der Waals surface area contributed by atoms with E-state index in [9.17, 15) is 19.2 Å². The predicted molar refractivity (Wildman–Crippen MR) is 320 cm³/mol. The van der Waals surface area contributed by atoms with Crippen molar-refractivity contribution in [2.45, 2.75) is 117 Å². The van der Waals surface area contributed by atoms with Gasteiger partial charge in [-0.05, 0) is 146 Å². The number of methoxy groups -OCH3 is 4. The summed E-state index contributed by atoms with van der Waals surface area (Å²) in [5.74, 6) is -0.877. The number of hydrogen-bond acceptors (Lipinski definition) is 11. The Kier molecular flexibility index (Phi) is 15.5. The van der Waals surface area contributed by atoms with Crippen LogP contribution in [0.2, 0.25) is 0 Å². The lowest BCUT2D eigenvalue weighted by atomic mass is 9.71. The number of nitrogens with zero attached hydrogens (tertiary/aromatic N) is 2. The summed E-state index contributed by atoms with van der Waals surface area (Å²) in [5.41, 5.74) is 21.5. The third kappa shape index (κ3) is 9.49. The number of aromatic amines is 1. The van der Waals surface area contributed by atoms with Gasteiger partial charge in [0.25, 0.3) is 0 Å². The number of aromatic nitrogens is 1. The molecule has 6 unspecified atom stereocenters. The van der Waals surface area contributed by atoms with Crippen molar-refractivity contribution in [2.24, 2.45) is 45.5 Å². The van der Waals surface area contributed by atoms with E-state index in [0.717, 1.165) is 181 Å². The van der Waals surface area contributed by atoms with Gasteiger partial charge in [0.15, 0.2) is 0 Å². The van der Waals surface area contributed by atoms with E-state index in [1.807, 2.05) is 62.4 Å². The molecule has 82 heavy (non-hydrogen) atoms. The van der Waals surface area contributed by atoms with Gasteiger partial charge in [0.05, 0.1) is 84.9 Å². The molecule has 422 valence electrons. The Morgan fingerprint density at radius 2 is 0.659 bits per heavy atom. The molecule has 2 N–H and O–H groups in total. The van der Waals surface area contributed by atoms with E-state index >= 15 is 0 Å². The van der Waals surface area contributed by atoms with E-state index in [-0.39, 0.29) is 59.4 Å². The fourth-order valence-electron chi connectivity index (χ4n) is 15.2. The number of allylic oxidation sites excluding steroid dienone is 6. The van der Waals surface area contributed by atoms with Crippen molar-refractivity contribution in [1.82, 2.24) is 10.3 Å². The minimum Gasteiger partial charge on any atom is -0.465 e. The van der Waals surface area contributed by atoms with Crippen LogP contribution in [0.25, 0.3) is 22.3 Å². The molecule has 4 fully saturated rings. The predicted octanol–water partition coefficient (Wildman–Crippen LogP) is 14.4. The summed E-state index contributed by atoms with van der Waals surface area (Å²) < 4.78 is 20.9. The number of hydrogen-bond donors (Lipinski definition) is 2. The van der Waals surface area contributed by atoms with Gasteiger partial charge < -0.3 is 29.2 Å². The Hall–Kier alpha value is -7.86. The molecule has 1 saturated heterocycles. The monoisotopic (exact) mass is 1100 g/mol. The average molecular weight is 1100 g/mol. The molecule has 0 radical (unpaired) electrons. The summed E-state index contributed by atoms with van der Waals surface area (Å²) in [4.78, 5) is 68.9. The van der Waals surface area contributed by atoms with Crippen molar-refractivity contribution >= 4 is 57.6 Å². The van der Waals surface area contributed by atoms with E-state index in [1.54, 1.807) is 0 Å². The van der Waals surface area contributed by atoms with Gasteiger partial charge in [-0.2, -0.15) is 0 Å². The Labute approximate surface area is 481 Å². The molecule has 12 nitrogen and oxygen atoms in total. The van der Waals surface area contributed by atoms with E-state index in [1.165, 1.54) is 51.0 Å². The first-order valence-corrected chi connectivity index (χ1v) is 30.1. The van der Waals surface area contributed by atoms with E-state index in [0.29, 0.717) is 22.3 Å². The highest BCUT2D eigenvalue weighted by Crippen LogP contribution is 2.56. The number of ether oxygens (including phenoxy) is 4. The fraction of sp³-hybridized carbons (Fsp3) is 0.400. The third-order valence-corrected chi connectivity index (χ3v) is 19.0. The van der Waals surface area contributed by atoms with Crippen LogP contribution in [0.5, 0.6) is 0 Å². The molecule has 13 rings (SSSR count). The van der Waals surface area contributed by atoms with Gasteiger partial charge in [0.1, 0.15) is 0 Å². The van der Waals surface area contributed by atoms with Gasteiger partial charge >= 0.3 is 23.9 Å². The Morgan fingerprint density at radius 1 is 0.378 bits per heavy atom. The Bertz CT molecular complexity index is 3320. The van der Waals surface area contributed by atoms with Crippen LogP contribution in [0.4, 0.5) is 0 Å². The minimum absolute atomic E-state index is 0.0939. The smallest absolute Gasteiger partial charge is 0.337 e. The lowest BCUT2D eigenvalue weighted by Gasteiger charge is -2.30. The topological polar surface area (TPSA) is 158 Å². The van der Waals surface area contributed by atoms with Gasteiger partial charge in [-0.1, -0.05) is 101 Å². The van der Waals surface area contributed by atoms with Gasteiger partial charge in [-0.3, -0.25) is 9.98 Å². The summed E-state index contributed by atoms with van der Waals surface area (Å²) in [6.45, 7) is 4.00. The van der Waals surface area contributed by atoms with Crippen LogP contribution in [0, 0.1) is 35.5 Å². The molecule has 3 saturated carbocycles. The number of H-pyrrole nitrogens is 1. The van der Waals surface area contributed by atoms with Crippen LogP contribution in [-0.4, -0.2) is 68.7 Å². The first-order chi connectivity index (χ1) is 40.2. The number of aliphatic imine (C=N–C) groups is 2. The molecule has 5 aliphatic carbocycles. The maximum Gasteiger partial charge on any atom is 0.337 e. The zero-order valence-electron chi connectivity index (χ0n) is 48.2. The van der Waals surface area contributed by atoms with E-state index in [4.69, 9.17) is 28.9 Å². The number of nitrogens with one attached hydrogen (secondary N) is 2. The van der Waals surface area contributed by atoms with Crippen LogP contribution in [0.15, 0.2) is 130 Å². The minimum atomic E-state index is -0.387. The van der Waals surface area contributed by atoms with Gasteiger partial charge in [0.2, 0.25) is 0 Å². The first-order valence-electron chi connectivity index (χ1n) is 30.1. The molecule has 4 aromatic carbocycles. The summed E-state index contributed by atoms with van der Waals surface area (Å²) in [7, 11) is 5.68. The number of carbonyl (C=O) groups excluding carboxylic acids is 4. The number of esters is 4. The van der Waals surface area contributed by atoms with Crippen molar-refractivity contribution in [3.63, 3.8) is 0 Å². The van der Waals surface area contributed by atoms with E-state index < -0.39 is 0 Å². The number of rotatable bonds is 8. The standard InChI is InChI=1S/C68H68N4O8.C2H6/c1-77-65(73)41-29-21-37(22-30-41)53-57-45-13-5-7-15-47(45)59(69-57)54(38-23-31-42(32-24-38)66(74)78-2)61-49-17-9-11-19-51(49)63(71-61)56(40-27-35-44(36-28-40)68(76)80-4)64-52-20-12-10-18-50(52)62(72-64)55(39-25-33-43(34-26-39)67(75)79-3)60-48-16-8-6-14-46(48)58(53)70-60;1-2/h21-36,45-49,51,69,72H,5-20H2,1-4H3;1-2H3. The molecular formula is C70H74N4O8. The van der Waals surface area contributed by atoms with Crippen LogP contribution in [-0.2, 0) is 31.8 Å². The van der Waals surface area contributed by atoms with Crippen molar-refractivity contribution in [1.29, 1.82) is 0 Å². The van der Waals surface area contributed by atoms with Gasteiger partial charge in [-0.25, -0.2) is 19.2 Å². The molecule has 8 bridgehead atoms. The fourth-order valence-corrected chi connectivity index (χ4v) is 15.2. The molecule has 8 aliphatic rings. The van der Waals surface area contributed by atoms with E-state index in [2.05, 4.69) is 58.8 Å². The molecule has 12 heteroatoms. The number of benzene rings is 4. The zero-order valence-corrected chi connectivity index (χ0v) is 48.2. The van der Waals surface area contributed by atoms with Crippen molar-refractivity contribution in [2.75, 3.05) is 28.4 Å². The maximum atomic E-state index is 13.1. The normalized spacial score (nSPS) is 23.4. The van der Waals surface area contributed by atoms with Crippen molar-refractivity contribution < 1.29 is 38.1 Å². The quantitative estimate of drug-likeness (QED) is 0.114.